The summed E-state index contributed by atoms with van der Waals surface area (Å²) in [5.41, 5.74) is 2.13. The molecule has 0 fully saturated rings. The van der Waals surface area contributed by atoms with Gasteiger partial charge in [-0.25, -0.2) is 27.9 Å². The van der Waals surface area contributed by atoms with Crippen LogP contribution >= 0.6 is 0 Å². The number of aromatic nitrogens is 4. The molecule has 2 aromatic heterocycles. The molecule has 12 heteroatoms. The van der Waals surface area contributed by atoms with E-state index >= 15 is 0 Å². The Morgan fingerprint density at radius 1 is 1.03 bits per heavy atom. The van der Waals surface area contributed by atoms with E-state index < -0.39 is 28.5 Å². The predicted octanol–water partition coefficient (Wildman–Crippen LogP) is 1.68. The Morgan fingerprint density at radius 2 is 1.73 bits per heavy atom. The van der Waals surface area contributed by atoms with E-state index in [-0.39, 0.29) is 17.0 Å². The number of sulfonamides is 1. The monoisotopic (exact) mass is 472 g/mol. The van der Waals surface area contributed by atoms with E-state index in [1.54, 1.807) is 19.9 Å². The molecular weight excluding hydrogens is 448 g/mol. The zero-order valence-electron chi connectivity index (χ0n) is 18.6. The van der Waals surface area contributed by atoms with Crippen LogP contribution in [0.25, 0.3) is 5.95 Å². The zero-order valence-corrected chi connectivity index (χ0v) is 19.4. The number of benzene rings is 1. The van der Waals surface area contributed by atoms with E-state index in [4.69, 9.17) is 4.74 Å². The van der Waals surface area contributed by atoms with Crippen molar-refractivity contribution in [2.75, 3.05) is 18.5 Å². The standard InChI is InChI=1S/C21H24N6O5S/c1-5-22-33(30,31)17-8-6-7-16(11-17)20(29)32-12-19(28)25-18-10-15(4)26-27(18)21-23-13(2)9-14(3)24-21/h6-11,22H,5,12H2,1-4H3,(H,25,28). The van der Waals surface area contributed by atoms with Crippen LogP contribution in [-0.4, -0.2) is 53.2 Å². The Labute approximate surface area is 191 Å². The van der Waals surface area contributed by atoms with Gasteiger partial charge in [0.05, 0.1) is 16.2 Å². The molecule has 11 nitrogen and oxygen atoms in total. The first-order valence-electron chi connectivity index (χ1n) is 10.0. The van der Waals surface area contributed by atoms with Gasteiger partial charge >= 0.3 is 5.97 Å². The lowest BCUT2D eigenvalue weighted by molar-refractivity contribution is -0.119. The molecule has 0 aliphatic heterocycles. The van der Waals surface area contributed by atoms with Crippen LogP contribution in [0.15, 0.2) is 41.3 Å². The topological polar surface area (TPSA) is 145 Å². The largest absolute Gasteiger partial charge is 0.452 e. The first-order chi connectivity index (χ1) is 15.6. The Hall–Kier alpha value is -3.64. The fourth-order valence-electron chi connectivity index (χ4n) is 3.00. The number of esters is 1. The molecule has 0 unspecified atom stereocenters. The zero-order chi connectivity index (χ0) is 24.2. The predicted molar refractivity (Wildman–Crippen MR) is 120 cm³/mol. The van der Waals surface area contributed by atoms with E-state index in [1.807, 2.05) is 19.9 Å². The second-order valence-electron chi connectivity index (χ2n) is 7.19. The molecule has 2 heterocycles. The van der Waals surface area contributed by atoms with E-state index in [2.05, 4.69) is 25.1 Å². The van der Waals surface area contributed by atoms with Crippen LogP contribution in [0.4, 0.5) is 5.82 Å². The number of aryl methyl sites for hydroxylation is 3. The van der Waals surface area contributed by atoms with Gasteiger partial charge in [-0.3, -0.25) is 4.79 Å². The van der Waals surface area contributed by atoms with Gasteiger partial charge in [-0.05, 0) is 45.0 Å². The molecule has 3 rings (SSSR count). The highest BCUT2D eigenvalue weighted by Crippen LogP contribution is 2.16. The number of amides is 1. The summed E-state index contributed by atoms with van der Waals surface area (Å²) >= 11 is 0. The maximum absolute atomic E-state index is 12.4. The maximum Gasteiger partial charge on any atom is 0.338 e. The van der Waals surface area contributed by atoms with Crippen LogP contribution < -0.4 is 10.0 Å². The third kappa shape index (κ3) is 5.99. The van der Waals surface area contributed by atoms with Crippen molar-refractivity contribution in [2.24, 2.45) is 0 Å². The fraction of sp³-hybridized carbons (Fsp3) is 0.286. The van der Waals surface area contributed by atoms with Crippen molar-refractivity contribution in [1.29, 1.82) is 0 Å². The Bertz CT molecular complexity index is 1280. The number of hydrogen-bond donors (Lipinski definition) is 2. The summed E-state index contributed by atoms with van der Waals surface area (Å²) in [6, 6.07) is 8.83. The molecule has 0 radical (unpaired) electrons. The highest BCUT2D eigenvalue weighted by Gasteiger charge is 2.18. The molecular formula is C21H24N6O5S. The quantitative estimate of drug-likeness (QED) is 0.471. The number of ether oxygens (including phenoxy) is 1. The normalized spacial score (nSPS) is 11.3. The molecule has 2 N–H and O–H groups in total. The molecule has 0 saturated heterocycles. The molecule has 0 aliphatic rings. The van der Waals surface area contributed by atoms with Gasteiger partial charge in [-0.2, -0.15) is 9.78 Å². The molecule has 174 valence electrons. The van der Waals surface area contributed by atoms with Crippen LogP contribution in [0, 0.1) is 20.8 Å². The van der Waals surface area contributed by atoms with Crippen LogP contribution in [0.5, 0.6) is 0 Å². The molecule has 3 aromatic rings. The van der Waals surface area contributed by atoms with Gasteiger partial charge in [0.2, 0.25) is 10.0 Å². The summed E-state index contributed by atoms with van der Waals surface area (Å²) in [4.78, 5) is 33.4. The van der Waals surface area contributed by atoms with Gasteiger partial charge in [0.1, 0.15) is 5.82 Å². The highest BCUT2D eigenvalue weighted by atomic mass is 32.2. The summed E-state index contributed by atoms with van der Waals surface area (Å²) < 4.78 is 33.0. The van der Waals surface area contributed by atoms with Gasteiger partial charge in [0.15, 0.2) is 6.61 Å². The molecule has 1 amide bonds. The van der Waals surface area contributed by atoms with Crippen molar-refractivity contribution < 1.29 is 22.7 Å². The van der Waals surface area contributed by atoms with Crippen molar-refractivity contribution in [1.82, 2.24) is 24.5 Å². The summed E-state index contributed by atoms with van der Waals surface area (Å²) in [6.45, 7) is 6.67. The number of carbonyl (C=O) groups excluding carboxylic acids is 2. The van der Waals surface area contributed by atoms with Crippen LogP contribution in [0.2, 0.25) is 0 Å². The summed E-state index contributed by atoms with van der Waals surface area (Å²) in [5.74, 6) is -0.824. The molecule has 0 atom stereocenters. The third-order valence-corrected chi connectivity index (χ3v) is 5.85. The first kappa shape index (κ1) is 24.0. The van der Waals surface area contributed by atoms with Gasteiger partial charge in [0.25, 0.3) is 11.9 Å². The summed E-state index contributed by atoms with van der Waals surface area (Å²) in [5, 5.41) is 6.94. The molecule has 33 heavy (non-hydrogen) atoms. The lowest BCUT2D eigenvalue weighted by atomic mass is 10.2. The number of carbonyl (C=O) groups is 2. The van der Waals surface area contributed by atoms with Gasteiger partial charge in [-0.1, -0.05) is 13.0 Å². The second kappa shape index (κ2) is 9.88. The Morgan fingerprint density at radius 3 is 2.39 bits per heavy atom. The van der Waals surface area contributed by atoms with Crippen molar-refractivity contribution in [3.05, 3.63) is 59.0 Å². The van der Waals surface area contributed by atoms with Gasteiger partial charge in [0, 0.05) is 24.0 Å². The molecule has 0 aliphatic carbocycles. The summed E-state index contributed by atoms with van der Waals surface area (Å²) in [6.07, 6.45) is 0. The number of nitrogens with one attached hydrogen (secondary N) is 2. The molecule has 0 spiro atoms. The number of nitrogens with zero attached hydrogens (tertiary/aromatic N) is 4. The molecule has 0 saturated carbocycles. The SMILES string of the molecule is CCNS(=O)(=O)c1cccc(C(=O)OCC(=O)Nc2cc(C)nn2-c2nc(C)cc(C)n2)c1. The Balaban J connectivity index is 1.69. The summed E-state index contributed by atoms with van der Waals surface area (Å²) in [7, 11) is -3.73. The minimum atomic E-state index is -3.73. The lowest BCUT2D eigenvalue weighted by Gasteiger charge is -2.10. The molecule has 1 aromatic carbocycles. The highest BCUT2D eigenvalue weighted by molar-refractivity contribution is 7.89. The number of rotatable bonds is 8. The lowest BCUT2D eigenvalue weighted by Crippen LogP contribution is -2.24. The average Bonchev–Trinajstić information content (AvgIpc) is 3.11. The first-order valence-corrected chi connectivity index (χ1v) is 11.5. The van der Waals surface area contributed by atoms with Gasteiger partial charge < -0.3 is 10.1 Å². The average molecular weight is 473 g/mol. The second-order valence-corrected chi connectivity index (χ2v) is 8.95. The smallest absolute Gasteiger partial charge is 0.338 e. The Kier molecular flexibility index (Phi) is 7.19. The van der Waals surface area contributed by atoms with Crippen LogP contribution in [-0.2, 0) is 19.6 Å². The van der Waals surface area contributed by atoms with Crippen molar-refractivity contribution in [2.45, 2.75) is 32.6 Å². The van der Waals surface area contributed by atoms with E-state index in [9.17, 15) is 18.0 Å². The fourth-order valence-corrected chi connectivity index (χ4v) is 4.09. The maximum atomic E-state index is 12.4. The number of anilines is 1. The third-order valence-electron chi connectivity index (χ3n) is 4.31. The van der Waals surface area contributed by atoms with E-state index in [0.29, 0.717) is 17.5 Å². The van der Waals surface area contributed by atoms with Crippen molar-refractivity contribution >= 4 is 27.7 Å². The van der Waals surface area contributed by atoms with Crippen molar-refractivity contribution in [3.8, 4) is 5.95 Å². The minimum absolute atomic E-state index is 0.00583. The van der Waals surface area contributed by atoms with Crippen LogP contribution in [0.3, 0.4) is 0 Å². The van der Waals surface area contributed by atoms with E-state index in [0.717, 1.165) is 11.4 Å². The van der Waals surface area contributed by atoms with Crippen molar-refractivity contribution in [3.63, 3.8) is 0 Å². The minimum Gasteiger partial charge on any atom is -0.452 e. The van der Waals surface area contributed by atoms with Crippen LogP contribution in [0.1, 0.15) is 34.4 Å². The van der Waals surface area contributed by atoms with E-state index in [1.165, 1.54) is 28.9 Å². The number of hydrogen-bond acceptors (Lipinski definition) is 8. The van der Waals surface area contributed by atoms with Gasteiger partial charge in [-0.15, -0.1) is 0 Å². The molecule has 0 bridgehead atoms.